The van der Waals surface area contributed by atoms with Crippen LogP contribution < -0.4 is 5.32 Å². The molecule has 0 radical (unpaired) electrons. The normalized spacial score (nSPS) is 31.9. The van der Waals surface area contributed by atoms with Gasteiger partial charge in [0.05, 0.1) is 0 Å². The first-order valence-corrected chi connectivity index (χ1v) is 5.86. The van der Waals surface area contributed by atoms with Gasteiger partial charge in [0.15, 0.2) is 5.65 Å². The van der Waals surface area contributed by atoms with Crippen molar-refractivity contribution in [1.82, 2.24) is 19.9 Å². The highest BCUT2D eigenvalue weighted by Crippen LogP contribution is 2.55. The van der Waals surface area contributed by atoms with Crippen molar-refractivity contribution in [3.05, 3.63) is 29.7 Å². The SMILES string of the molecule is Cc1ccc2nnc(C3C4CNCC43)n2c1. The first-order chi connectivity index (χ1) is 7.84. The molecular weight excluding hydrogens is 200 g/mol. The standard InChI is InChI=1S/C12H14N4/c1-7-2-3-10-14-15-12(16(10)6-7)11-8-4-13-5-9(8)11/h2-3,6,8-9,11,13H,4-5H2,1H3. The van der Waals surface area contributed by atoms with Gasteiger partial charge in [-0.05, 0) is 43.5 Å². The summed E-state index contributed by atoms with van der Waals surface area (Å²) in [4.78, 5) is 0. The Hall–Kier alpha value is -1.42. The zero-order valence-corrected chi connectivity index (χ0v) is 9.22. The number of hydrogen-bond acceptors (Lipinski definition) is 3. The molecule has 1 aliphatic carbocycles. The van der Waals surface area contributed by atoms with Crippen LogP contribution in [-0.4, -0.2) is 27.7 Å². The average molecular weight is 214 g/mol. The van der Waals surface area contributed by atoms with E-state index in [1.54, 1.807) is 0 Å². The van der Waals surface area contributed by atoms with Crippen molar-refractivity contribution < 1.29 is 0 Å². The molecule has 4 nitrogen and oxygen atoms in total. The summed E-state index contributed by atoms with van der Waals surface area (Å²) in [5.74, 6) is 3.40. The summed E-state index contributed by atoms with van der Waals surface area (Å²) in [5.41, 5.74) is 2.23. The highest BCUT2D eigenvalue weighted by molar-refractivity contribution is 5.41. The van der Waals surface area contributed by atoms with E-state index in [0.717, 1.165) is 36.4 Å². The summed E-state index contributed by atoms with van der Waals surface area (Å²) in [5, 5.41) is 12.0. The fraction of sp³-hybridized carbons (Fsp3) is 0.500. The van der Waals surface area contributed by atoms with Gasteiger partial charge in [-0.25, -0.2) is 0 Å². The molecule has 2 aliphatic rings. The van der Waals surface area contributed by atoms with E-state index in [4.69, 9.17) is 0 Å². The van der Waals surface area contributed by atoms with Crippen LogP contribution in [0.1, 0.15) is 17.3 Å². The third kappa shape index (κ3) is 1.02. The molecule has 0 aromatic carbocycles. The van der Waals surface area contributed by atoms with E-state index in [2.05, 4.69) is 39.1 Å². The molecule has 0 spiro atoms. The minimum absolute atomic E-state index is 0.637. The molecule has 4 rings (SSSR count). The van der Waals surface area contributed by atoms with Gasteiger partial charge in [-0.15, -0.1) is 10.2 Å². The van der Waals surface area contributed by atoms with Crippen molar-refractivity contribution in [2.45, 2.75) is 12.8 Å². The Morgan fingerprint density at radius 2 is 2.06 bits per heavy atom. The van der Waals surface area contributed by atoms with E-state index < -0.39 is 0 Å². The third-order valence-corrected chi connectivity index (χ3v) is 3.97. The van der Waals surface area contributed by atoms with Crippen LogP contribution >= 0.6 is 0 Å². The van der Waals surface area contributed by atoms with Crippen molar-refractivity contribution in [1.29, 1.82) is 0 Å². The second kappa shape index (κ2) is 2.83. The Kier molecular flexibility index (Phi) is 1.54. The van der Waals surface area contributed by atoms with Crippen LogP contribution in [0.3, 0.4) is 0 Å². The molecule has 0 bridgehead atoms. The zero-order chi connectivity index (χ0) is 10.7. The second-order valence-corrected chi connectivity index (χ2v) is 5.00. The molecule has 82 valence electrons. The topological polar surface area (TPSA) is 42.2 Å². The van der Waals surface area contributed by atoms with Crippen molar-refractivity contribution >= 4 is 5.65 Å². The van der Waals surface area contributed by atoms with Gasteiger partial charge >= 0.3 is 0 Å². The fourth-order valence-corrected chi connectivity index (χ4v) is 3.04. The van der Waals surface area contributed by atoms with Crippen molar-refractivity contribution in [2.75, 3.05) is 13.1 Å². The van der Waals surface area contributed by atoms with E-state index >= 15 is 0 Å². The Labute approximate surface area is 93.7 Å². The molecule has 2 aromatic heterocycles. The average Bonchev–Trinajstić information content (AvgIpc) is 2.71. The summed E-state index contributed by atoms with van der Waals surface area (Å²) < 4.78 is 2.16. The number of pyridine rings is 1. The van der Waals surface area contributed by atoms with E-state index in [9.17, 15) is 0 Å². The molecule has 2 unspecified atom stereocenters. The Balaban J connectivity index is 1.83. The molecule has 3 heterocycles. The first kappa shape index (κ1) is 8.70. The van der Waals surface area contributed by atoms with Gasteiger partial charge in [-0.1, -0.05) is 6.07 Å². The lowest BCUT2D eigenvalue weighted by molar-refractivity contribution is 0.657. The van der Waals surface area contributed by atoms with Gasteiger partial charge in [0.25, 0.3) is 0 Å². The Morgan fingerprint density at radius 1 is 1.25 bits per heavy atom. The van der Waals surface area contributed by atoms with E-state index in [1.165, 1.54) is 5.56 Å². The van der Waals surface area contributed by atoms with Crippen molar-refractivity contribution in [3.63, 3.8) is 0 Å². The molecular formula is C12H14N4. The third-order valence-electron chi connectivity index (χ3n) is 3.97. The zero-order valence-electron chi connectivity index (χ0n) is 9.22. The second-order valence-electron chi connectivity index (χ2n) is 5.00. The summed E-state index contributed by atoms with van der Waals surface area (Å²) in [7, 11) is 0. The van der Waals surface area contributed by atoms with Gasteiger partial charge in [0, 0.05) is 12.1 Å². The van der Waals surface area contributed by atoms with E-state index in [-0.39, 0.29) is 0 Å². The predicted molar refractivity (Wildman–Crippen MR) is 60.3 cm³/mol. The Bertz CT molecular complexity index is 549. The summed E-state index contributed by atoms with van der Waals surface area (Å²) in [6, 6.07) is 4.13. The lowest BCUT2D eigenvalue weighted by atomic mass is 10.2. The smallest absolute Gasteiger partial charge is 0.160 e. The fourth-order valence-electron chi connectivity index (χ4n) is 3.04. The number of aryl methyl sites for hydroxylation is 1. The molecule has 0 amide bonds. The summed E-state index contributed by atoms with van der Waals surface area (Å²) >= 11 is 0. The van der Waals surface area contributed by atoms with Crippen LogP contribution in [0.4, 0.5) is 0 Å². The van der Waals surface area contributed by atoms with Crippen LogP contribution in [0.15, 0.2) is 18.3 Å². The largest absolute Gasteiger partial charge is 0.316 e. The summed E-state index contributed by atoms with van der Waals surface area (Å²) in [6.07, 6.45) is 2.14. The molecule has 1 N–H and O–H groups in total. The van der Waals surface area contributed by atoms with Crippen LogP contribution in [0, 0.1) is 18.8 Å². The summed E-state index contributed by atoms with van der Waals surface area (Å²) in [6.45, 7) is 4.41. The van der Waals surface area contributed by atoms with Crippen LogP contribution in [0.2, 0.25) is 0 Å². The quantitative estimate of drug-likeness (QED) is 0.769. The first-order valence-electron chi connectivity index (χ1n) is 5.86. The molecule has 16 heavy (non-hydrogen) atoms. The number of nitrogens with one attached hydrogen (secondary N) is 1. The molecule has 2 fully saturated rings. The van der Waals surface area contributed by atoms with E-state index in [1.807, 2.05) is 6.07 Å². The van der Waals surface area contributed by atoms with Crippen molar-refractivity contribution in [2.24, 2.45) is 11.8 Å². The molecule has 1 aliphatic heterocycles. The number of fused-ring (bicyclic) bond motifs is 2. The minimum Gasteiger partial charge on any atom is -0.316 e. The molecule has 1 saturated carbocycles. The van der Waals surface area contributed by atoms with Gasteiger partial charge in [-0.2, -0.15) is 0 Å². The Morgan fingerprint density at radius 3 is 2.88 bits per heavy atom. The van der Waals surface area contributed by atoms with E-state index in [0.29, 0.717) is 5.92 Å². The number of hydrogen-bond donors (Lipinski definition) is 1. The number of nitrogens with zero attached hydrogens (tertiary/aromatic N) is 3. The number of piperidine rings is 1. The highest BCUT2D eigenvalue weighted by Gasteiger charge is 2.55. The van der Waals surface area contributed by atoms with Gasteiger partial charge in [-0.3, -0.25) is 4.40 Å². The lowest BCUT2D eigenvalue weighted by Crippen LogP contribution is -2.15. The maximum atomic E-state index is 4.37. The maximum Gasteiger partial charge on any atom is 0.160 e. The highest BCUT2D eigenvalue weighted by atomic mass is 15.3. The van der Waals surface area contributed by atoms with Gasteiger partial charge < -0.3 is 5.32 Å². The monoisotopic (exact) mass is 214 g/mol. The van der Waals surface area contributed by atoms with Crippen LogP contribution in [0.5, 0.6) is 0 Å². The lowest BCUT2D eigenvalue weighted by Gasteiger charge is -2.03. The number of aromatic nitrogens is 3. The molecule has 1 saturated heterocycles. The van der Waals surface area contributed by atoms with Gasteiger partial charge in [0.2, 0.25) is 0 Å². The van der Waals surface area contributed by atoms with Crippen LogP contribution in [-0.2, 0) is 0 Å². The minimum atomic E-state index is 0.637. The number of rotatable bonds is 1. The molecule has 2 aromatic rings. The molecule has 4 heteroatoms. The van der Waals surface area contributed by atoms with Crippen molar-refractivity contribution in [3.8, 4) is 0 Å². The molecule has 2 atom stereocenters. The van der Waals surface area contributed by atoms with Gasteiger partial charge in [0.1, 0.15) is 5.82 Å². The predicted octanol–water partition coefficient (Wildman–Crippen LogP) is 0.971. The maximum absolute atomic E-state index is 4.37. The van der Waals surface area contributed by atoms with Crippen LogP contribution in [0.25, 0.3) is 5.65 Å².